The minimum absolute atomic E-state index is 0.00635. The van der Waals surface area contributed by atoms with Crippen LogP contribution in [0.5, 0.6) is 0 Å². The van der Waals surface area contributed by atoms with Crippen molar-refractivity contribution in [3.8, 4) is 0 Å². The summed E-state index contributed by atoms with van der Waals surface area (Å²) in [6, 6.07) is 19.6. The highest BCUT2D eigenvalue weighted by Gasteiger charge is 2.15. The van der Waals surface area contributed by atoms with Crippen molar-refractivity contribution in [1.82, 2.24) is 25.1 Å². The molecule has 172 valence electrons. The number of nitrogens with zero attached hydrogens (tertiary/aromatic N) is 4. The fourth-order valence-electron chi connectivity index (χ4n) is 3.81. The smallest absolute Gasteiger partial charge is 0.220 e. The lowest BCUT2D eigenvalue weighted by molar-refractivity contribution is -0.121. The molecule has 0 radical (unpaired) electrons. The minimum Gasteiger partial charge on any atom is -0.467 e. The average molecular weight is 492 g/mol. The molecule has 0 aliphatic rings. The highest BCUT2D eigenvalue weighted by Crippen LogP contribution is 2.28. The highest BCUT2D eigenvalue weighted by molar-refractivity contribution is 7.99. The van der Waals surface area contributed by atoms with Crippen molar-refractivity contribution in [1.29, 1.82) is 0 Å². The lowest BCUT2D eigenvalue weighted by Gasteiger charge is -2.08. The van der Waals surface area contributed by atoms with Crippen molar-refractivity contribution in [2.24, 2.45) is 0 Å². The summed E-state index contributed by atoms with van der Waals surface area (Å²) >= 11 is 7.70. The van der Waals surface area contributed by atoms with Crippen molar-refractivity contribution in [3.63, 3.8) is 0 Å². The van der Waals surface area contributed by atoms with Crippen LogP contribution in [0.25, 0.3) is 22.1 Å². The van der Waals surface area contributed by atoms with Crippen LogP contribution in [0.3, 0.4) is 0 Å². The number of thioether (sulfide) groups is 1. The number of halogens is 1. The number of para-hydroxylation sites is 1. The van der Waals surface area contributed by atoms with Crippen molar-refractivity contribution in [2.75, 3.05) is 5.75 Å². The van der Waals surface area contributed by atoms with Gasteiger partial charge in [-0.25, -0.2) is 4.98 Å². The van der Waals surface area contributed by atoms with E-state index in [9.17, 15) is 4.79 Å². The van der Waals surface area contributed by atoms with Crippen LogP contribution in [-0.2, 0) is 17.9 Å². The Morgan fingerprint density at radius 3 is 2.85 bits per heavy atom. The minimum atomic E-state index is -0.00635. The summed E-state index contributed by atoms with van der Waals surface area (Å²) in [4.78, 5) is 16.9. The Hall–Kier alpha value is -3.36. The van der Waals surface area contributed by atoms with E-state index in [2.05, 4.69) is 26.1 Å². The van der Waals surface area contributed by atoms with E-state index in [0.717, 1.165) is 39.1 Å². The molecular weight excluding hydrogens is 470 g/mol. The van der Waals surface area contributed by atoms with E-state index >= 15 is 0 Å². The van der Waals surface area contributed by atoms with Gasteiger partial charge >= 0.3 is 0 Å². The third-order valence-electron chi connectivity index (χ3n) is 5.40. The number of nitrogens with one attached hydrogen (secondary N) is 1. The standard InChI is InChI=1S/C25H22ClN5O2S/c26-18-7-3-6-17(14-18)16-31-21-10-2-1-9-20(21)23-24(31)28-25(30-29-23)34-13-5-11-22(32)27-15-19-8-4-12-33-19/h1-4,6-10,12,14H,5,11,13,15-16H2,(H,27,32). The van der Waals surface area contributed by atoms with Gasteiger partial charge in [0.25, 0.3) is 0 Å². The van der Waals surface area contributed by atoms with Gasteiger partial charge in [-0.1, -0.05) is 53.7 Å². The maximum Gasteiger partial charge on any atom is 0.220 e. The fourth-order valence-corrected chi connectivity index (χ4v) is 4.75. The molecule has 0 atom stereocenters. The van der Waals surface area contributed by atoms with Crippen molar-refractivity contribution in [3.05, 3.63) is 83.3 Å². The molecule has 0 aliphatic heterocycles. The van der Waals surface area contributed by atoms with Crippen LogP contribution < -0.4 is 5.32 Å². The van der Waals surface area contributed by atoms with E-state index in [1.165, 1.54) is 11.8 Å². The Balaban J connectivity index is 1.28. The molecule has 34 heavy (non-hydrogen) atoms. The summed E-state index contributed by atoms with van der Waals surface area (Å²) < 4.78 is 7.38. The molecule has 1 N–H and O–H groups in total. The molecule has 7 nitrogen and oxygen atoms in total. The second-order valence-corrected chi connectivity index (χ2v) is 9.31. The number of fused-ring (bicyclic) bond motifs is 3. The van der Waals surface area contributed by atoms with E-state index in [1.807, 2.05) is 48.5 Å². The van der Waals surface area contributed by atoms with Crippen LogP contribution in [0.2, 0.25) is 5.02 Å². The monoisotopic (exact) mass is 491 g/mol. The summed E-state index contributed by atoms with van der Waals surface area (Å²) in [5, 5.41) is 14.0. The molecule has 3 aromatic heterocycles. The molecule has 0 aliphatic carbocycles. The maximum absolute atomic E-state index is 12.0. The first-order valence-corrected chi connectivity index (χ1v) is 12.3. The molecule has 0 fully saturated rings. The summed E-state index contributed by atoms with van der Waals surface area (Å²) in [5.74, 6) is 1.45. The zero-order valence-electron chi connectivity index (χ0n) is 18.3. The molecule has 5 aromatic rings. The zero-order valence-corrected chi connectivity index (χ0v) is 19.9. The molecule has 2 aromatic carbocycles. The molecule has 9 heteroatoms. The molecule has 0 saturated heterocycles. The van der Waals surface area contributed by atoms with Gasteiger partial charge in [0.2, 0.25) is 11.1 Å². The highest BCUT2D eigenvalue weighted by atomic mass is 35.5. The number of carbonyl (C=O) groups is 1. The van der Waals surface area contributed by atoms with Crippen molar-refractivity contribution < 1.29 is 9.21 Å². The molecule has 0 spiro atoms. The number of hydrogen-bond donors (Lipinski definition) is 1. The Morgan fingerprint density at radius 1 is 1.09 bits per heavy atom. The van der Waals surface area contributed by atoms with Crippen molar-refractivity contribution in [2.45, 2.75) is 31.1 Å². The Morgan fingerprint density at radius 2 is 2.00 bits per heavy atom. The van der Waals surface area contributed by atoms with E-state index in [4.69, 9.17) is 21.0 Å². The molecule has 0 saturated carbocycles. The second-order valence-electron chi connectivity index (χ2n) is 7.81. The maximum atomic E-state index is 12.0. The number of furan rings is 1. The van der Waals surface area contributed by atoms with Crippen LogP contribution in [0.15, 0.2) is 76.5 Å². The van der Waals surface area contributed by atoms with Gasteiger partial charge < -0.3 is 14.3 Å². The van der Waals surface area contributed by atoms with Crippen molar-refractivity contribution >= 4 is 51.3 Å². The van der Waals surface area contributed by atoms with E-state index in [-0.39, 0.29) is 5.91 Å². The Bertz CT molecular complexity index is 1430. The summed E-state index contributed by atoms with van der Waals surface area (Å²) in [6.45, 7) is 1.03. The zero-order chi connectivity index (χ0) is 23.3. The van der Waals surface area contributed by atoms with Gasteiger partial charge in [-0.3, -0.25) is 4.79 Å². The average Bonchev–Trinajstić information content (AvgIpc) is 3.47. The van der Waals surface area contributed by atoms with Gasteiger partial charge in [0, 0.05) is 29.1 Å². The van der Waals surface area contributed by atoms with Gasteiger partial charge in [0.1, 0.15) is 11.3 Å². The van der Waals surface area contributed by atoms with E-state index in [1.54, 1.807) is 12.3 Å². The van der Waals surface area contributed by atoms with Gasteiger partial charge in [-0.2, -0.15) is 0 Å². The molecule has 1 amide bonds. The summed E-state index contributed by atoms with van der Waals surface area (Å²) in [5.41, 5.74) is 3.70. The first kappa shape index (κ1) is 22.4. The van der Waals surface area contributed by atoms with E-state index < -0.39 is 0 Å². The summed E-state index contributed by atoms with van der Waals surface area (Å²) in [6.07, 6.45) is 2.73. The third-order valence-corrected chi connectivity index (χ3v) is 6.56. The lowest BCUT2D eigenvalue weighted by atomic mass is 10.2. The number of aromatic nitrogens is 4. The number of hydrogen-bond acceptors (Lipinski definition) is 6. The molecule has 0 unspecified atom stereocenters. The molecule has 0 bridgehead atoms. The molecule has 3 heterocycles. The quantitative estimate of drug-likeness (QED) is 0.217. The topological polar surface area (TPSA) is 85.8 Å². The first-order valence-electron chi connectivity index (χ1n) is 11.0. The first-order chi connectivity index (χ1) is 16.7. The predicted octanol–water partition coefficient (Wildman–Crippen LogP) is 5.46. The number of carbonyl (C=O) groups excluding carboxylic acids is 1. The van der Waals surface area contributed by atoms with Gasteiger partial charge in [0.15, 0.2) is 5.65 Å². The van der Waals surface area contributed by atoms with Crippen LogP contribution in [-0.4, -0.2) is 31.4 Å². The second kappa shape index (κ2) is 10.3. The molecular formula is C25H22ClN5O2S. The number of benzene rings is 2. The van der Waals surface area contributed by atoms with Crippen LogP contribution in [0, 0.1) is 0 Å². The number of amides is 1. The van der Waals surface area contributed by atoms with E-state index in [0.29, 0.717) is 36.1 Å². The fraction of sp³-hybridized carbons (Fsp3) is 0.200. The Labute approximate surface area is 205 Å². The Kier molecular flexibility index (Phi) is 6.78. The van der Waals surface area contributed by atoms with Crippen LogP contribution in [0.1, 0.15) is 24.2 Å². The number of rotatable bonds is 9. The van der Waals surface area contributed by atoms with Gasteiger partial charge in [-0.05, 0) is 42.3 Å². The van der Waals surface area contributed by atoms with Crippen LogP contribution in [0.4, 0.5) is 0 Å². The van der Waals surface area contributed by atoms with Crippen LogP contribution >= 0.6 is 23.4 Å². The lowest BCUT2D eigenvalue weighted by Crippen LogP contribution is -2.22. The molecule has 5 rings (SSSR count). The SMILES string of the molecule is O=C(CCCSc1nnc2c3ccccc3n(Cc3cccc(Cl)c3)c2n1)NCc1ccco1. The normalized spacial score (nSPS) is 11.3. The van der Waals surface area contributed by atoms with Gasteiger partial charge in [0.05, 0.1) is 18.3 Å². The van der Waals surface area contributed by atoms with Gasteiger partial charge in [-0.15, -0.1) is 10.2 Å². The largest absolute Gasteiger partial charge is 0.467 e. The summed E-state index contributed by atoms with van der Waals surface area (Å²) in [7, 11) is 0. The third kappa shape index (κ3) is 5.08. The predicted molar refractivity (Wildman–Crippen MR) is 134 cm³/mol.